The topological polar surface area (TPSA) is 115 Å². The molecule has 0 saturated heterocycles. The number of hydrogen-bond acceptors (Lipinski definition) is 7. The lowest BCUT2D eigenvalue weighted by molar-refractivity contribution is 0.0976. The molecule has 150 valence electrons. The molecule has 0 spiro atoms. The molecule has 0 aliphatic carbocycles. The van der Waals surface area contributed by atoms with Crippen molar-refractivity contribution in [3.63, 3.8) is 0 Å². The van der Waals surface area contributed by atoms with Gasteiger partial charge in [-0.1, -0.05) is 11.6 Å². The van der Waals surface area contributed by atoms with Gasteiger partial charge in [-0.25, -0.2) is 27.5 Å². The summed E-state index contributed by atoms with van der Waals surface area (Å²) in [6.07, 6.45) is 3.67. The van der Waals surface area contributed by atoms with Crippen LogP contribution < -0.4 is 4.72 Å². The fourth-order valence-electron chi connectivity index (χ4n) is 2.33. The molecule has 0 saturated carbocycles. The van der Waals surface area contributed by atoms with Gasteiger partial charge in [0.2, 0.25) is 10.0 Å². The highest BCUT2D eigenvalue weighted by molar-refractivity contribution is 7.89. The normalized spacial score (nSPS) is 11.4. The number of ketones is 1. The van der Waals surface area contributed by atoms with Gasteiger partial charge in [0.1, 0.15) is 17.8 Å². The van der Waals surface area contributed by atoms with Crippen LogP contribution in [0.15, 0.2) is 53.8 Å². The van der Waals surface area contributed by atoms with Gasteiger partial charge in [0.25, 0.3) is 0 Å². The Labute approximate surface area is 171 Å². The largest absolute Gasteiger partial charge is 0.292 e. The second-order valence-electron chi connectivity index (χ2n) is 5.93. The first-order valence-corrected chi connectivity index (χ1v) is 10.3. The lowest BCUT2D eigenvalue weighted by Gasteiger charge is -2.07. The van der Waals surface area contributed by atoms with E-state index in [1.165, 1.54) is 18.5 Å². The summed E-state index contributed by atoms with van der Waals surface area (Å²) in [5.41, 5.74) is 1.23. The molecule has 2 aromatic heterocycles. The second-order valence-corrected chi connectivity index (χ2v) is 8.11. The van der Waals surface area contributed by atoms with Crippen LogP contribution in [-0.4, -0.2) is 34.4 Å². The zero-order valence-electron chi connectivity index (χ0n) is 14.9. The van der Waals surface area contributed by atoms with E-state index in [4.69, 9.17) is 11.6 Å². The molecule has 29 heavy (non-hydrogen) atoms. The fraction of sp³-hybridized carbons (Fsp3) is 0.167. The number of carbonyl (C=O) groups is 1. The van der Waals surface area contributed by atoms with Crippen LogP contribution in [0.1, 0.15) is 28.3 Å². The minimum absolute atomic E-state index is 0.153. The number of halogens is 2. The third-order valence-electron chi connectivity index (χ3n) is 3.90. The molecule has 3 rings (SSSR count). The number of sulfonamides is 1. The maximum atomic E-state index is 13.2. The van der Waals surface area contributed by atoms with Gasteiger partial charge >= 0.3 is 0 Å². The van der Waals surface area contributed by atoms with Crippen molar-refractivity contribution in [2.24, 2.45) is 0 Å². The average Bonchev–Trinajstić information content (AvgIpc) is 2.73. The smallest absolute Gasteiger partial charge is 0.240 e. The van der Waals surface area contributed by atoms with Gasteiger partial charge in [-0.2, -0.15) is 5.10 Å². The van der Waals surface area contributed by atoms with Crippen LogP contribution in [0.5, 0.6) is 0 Å². The van der Waals surface area contributed by atoms with Crippen LogP contribution in [-0.2, 0) is 23.0 Å². The molecule has 3 aromatic rings. The van der Waals surface area contributed by atoms with Gasteiger partial charge in [-0.05, 0) is 42.8 Å². The molecule has 0 aliphatic rings. The number of rotatable bonds is 8. The second kappa shape index (κ2) is 9.12. The van der Waals surface area contributed by atoms with E-state index >= 15 is 0 Å². The minimum Gasteiger partial charge on any atom is -0.292 e. The van der Waals surface area contributed by atoms with Crippen LogP contribution in [0.3, 0.4) is 0 Å². The Kier molecular flexibility index (Phi) is 6.57. The molecule has 11 heteroatoms. The summed E-state index contributed by atoms with van der Waals surface area (Å²) in [7, 11) is -3.91. The molecule has 0 amide bonds. The number of aryl methyl sites for hydroxylation is 1. The first-order valence-electron chi connectivity index (χ1n) is 8.40. The Morgan fingerprint density at radius 2 is 1.93 bits per heavy atom. The van der Waals surface area contributed by atoms with Crippen LogP contribution >= 0.6 is 11.6 Å². The molecular formula is C18H15ClFN5O3S. The summed E-state index contributed by atoms with van der Waals surface area (Å²) in [5, 5.41) is 7.43. The molecular weight excluding hydrogens is 421 g/mol. The van der Waals surface area contributed by atoms with Crippen LogP contribution in [0.4, 0.5) is 4.39 Å². The standard InChI is InChI=1S/C18H15ClFN5O3S/c19-15-9-14(3-4-16(15)20)29(27,28)23-10-13-1-5-17(25-24-13)18(26)6-2-12-7-8-21-11-22-12/h1,3-5,7-9,11,23H,2,6,10H2. The Morgan fingerprint density at radius 3 is 2.59 bits per heavy atom. The quantitative estimate of drug-likeness (QED) is 0.540. The first kappa shape index (κ1) is 20.9. The van der Waals surface area contributed by atoms with E-state index in [1.807, 2.05) is 0 Å². The summed E-state index contributed by atoms with van der Waals surface area (Å²) in [6, 6.07) is 7.80. The molecule has 8 nitrogen and oxygen atoms in total. The number of hydrogen-bond donors (Lipinski definition) is 1. The first-order chi connectivity index (χ1) is 13.8. The molecule has 0 fully saturated rings. The van der Waals surface area contributed by atoms with Gasteiger partial charge in [0.15, 0.2) is 5.78 Å². The Morgan fingerprint density at radius 1 is 1.10 bits per heavy atom. The highest BCUT2D eigenvalue weighted by atomic mass is 35.5. The SMILES string of the molecule is O=C(CCc1ccncn1)c1ccc(CNS(=O)(=O)c2ccc(F)c(Cl)c2)nn1. The van der Waals surface area contributed by atoms with E-state index in [0.29, 0.717) is 12.1 Å². The lowest BCUT2D eigenvalue weighted by atomic mass is 10.1. The number of carbonyl (C=O) groups excluding carboxylic acids is 1. The highest BCUT2D eigenvalue weighted by Gasteiger charge is 2.16. The van der Waals surface area contributed by atoms with Crippen LogP contribution in [0, 0.1) is 5.82 Å². The van der Waals surface area contributed by atoms with E-state index in [0.717, 1.165) is 23.9 Å². The number of Topliss-reactive ketones (excluding diaryl/α,β-unsaturated/α-hetero) is 1. The summed E-state index contributed by atoms with van der Waals surface area (Å²) in [6.45, 7) is -0.153. The van der Waals surface area contributed by atoms with Crippen molar-refractivity contribution < 1.29 is 17.6 Å². The zero-order chi connectivity index (χ0) is 20.9. The Balaban J connectivity index is 1.58. The van der Waals surface area contributed by atoms with Crippen LogP contribution in [0.2, 0.25) is 5.02 Å². The van der Waals surface area contributed by atoms with Crippen molar-refractivity contribution in [3.05, 3.63) is 76.8 Å². The molecule has 1 aromatic carbocycles. The maximum absolute atomic E-state index is 13.2. The van der Waals surface area contributed by atoms with Gasteiger partial charge in [0, 0.05) is 18.3 Å². The van der Waals surface area contributed by atoms with Gasteiger partial charge in [0.05, 0.1) is 22.2 Å². The molecule has 0 bridgehead atoms. The van der Waals surface area contributed by atoms with Gasteiger partial charge < -0.3 is 0 Å². The molecule has 0 radical (unpaired) electrons. The third kappa shape index (κ3) is 5.59. The number of aromatic nitrogens is 4. The van der Waals surface area contributed by atoms with Gasteiger partial charge in [-0.3, -0.25) is 4.79 Å². The third-order valence-corrected chi connectivity index (χ3v) is 5.59. The van der Waals surface area contributed by atoms with Crippen molar-refractivity contribution in [1.29, 1.82) is 0 Å². The van der Waals surface area contributed by atoms with E-state index in [-0.39, 0.29) is 34.4 Å². The number of nitrogens with zero attached hydrogens (tertiary/aromatic N) is 4. The van der Waals surface area contributed by atoms with Crippen molar-refractivity contribution in [2.75, 3.05) is 0 Å². The van der Waals surface area contributed by atoms with Gasteiger partial charge in [-0.15, -0.1) is 5.10 Å². The van der Waals surface area contributed by atoms with Crippen LogP contribution in [0.25, 0.3) is 0 Å². The summed E-state index contributed by atoms with van der Waals surface area (Å²) in [4.78, 5) is 19.9. The molecule has 0 atom stereocenters. The lowest BCUT2D eigenvalue weighted by Crippen LogP contribution is -2.24. The summed E-state index contributed by atoms with van der Waals surface area (Å²) in [5.74, 6) is -0.916. The predicted molar refractivity (Wildman–Crippen MR) is 102 cm³/mol. The maximum Gasteiger partial charge on any atom is 0.240 e. The van der Waals surface area contributed by atoms with Crippen molar-refractivity contribution in [3.8, 4) is 0 Å². The Hall–Kier alpha value is -2.82. The Bertz CT molecular complexity index is 1110. The van der Waals surface area contributed by atoms with Crippen molar-refractivity contribution in [1.82, 2.24) is 24.9 Å². The predicted octanol–water partition coefficient (Wildman–Crippen LogP) is 2.35. The number of benzene rings is 1. The monoisotopic (exact) mass is 435 g/mol. The highest BCUT2D eigenvalue weighted by Crippen LogP contribution is 2.19. The summed E-state index contributed by atoms with van der Waals surface area (Å²) < 4.78 is 40.0. The molecule has 1 N–H and O–H groups in total. The minimum atomic E-state index is -3.91. The van der Waals surface area contributed by atoms with E-state index in [2.05, 4.69) is 24.9 Å². The van der Waals surface area contributed by atoms with Crippen molar-refractivity contribution in [2.45, 2.75) is 24.3 Å². The van der Waals surface area contributed by atoms with Crippen molar-refractivity contribution >= 4 is 27.4 Å². The molecule has 0 aliphatic heterocycles. The summed E-state index contributed by atoms with van der Waals surface area (Å²) >= 11 is 5.62. The zero-order valence-corrected chi connectivity index (χ0v) is 16.5. The average molecular weight is 436 g/mol. The van der Waals surface area contributed by atoms with E-state index < -0.39 is 15.8 Å². The fourth-order valence-corrected chi connectivity index (χ4v) is 3.60. The van der Waals surface area contributed by atoms with E-state index in [1.54, 1.807) is 12.3 Å². The molecule has 2 heterocycles. The molecule has 0 unspecified atom stereocenters. The van der Waals surface area contributed by atoms with E-state index in [9.17, 15) is 17.6 Å². The number of nitrogens with one attached hydrogen (secondary N) is 1.